The van der Waals surface area contributed by atoms with Gasteiger partial charge in [-0.3, -0.25) is 0 Å². The molecule has 0 unspecified atom stereocenters. The minimum absolute atomic E-state index is 0. The summed E-state index contributed by atoms with van der Waals surface area (Å²) in [7, 11) is 0. The highest BCUT2D eigenvalue weighted by atomic mass is 14.1. The van der Waals surface area contributed by atoms with Crippen molar-refractivity contribution in [2.75, 3.05) is 0 Å². The molecule has 0 aliphatic heterocycles. The van der Waals surface area contributed by atoms with Crippen LogP contribution in [-0.4, -0.2) is 0 Å². The zero-order valence-electron chi connectivity index (χ0n) is 20.3. The maximum absolute atomic E-state index is 2.28. The first-order valence-corrected chi connectivity index (χ1v) is 10.8. The van der Waals surface area contributed by atoms with Crippen LogP contribution in [0.2, 0.25) is 0 Å². The Morgan fingerprint density at radius 2 is 0.531 bits per heavy atom. The van der Waals surface area contributed by atoms with Crippen LogP contribution in [0.15, 0.2) is 0 Å². The Morgan fingerprint density at radius 3 is 0.531 bits per heavy atom. The summed E-state index contributed by atoms with van der Waals surface area (Å²) < 4.78 is 0. The largest absolute Gasteiger partial charge is 0.0776 e. The zero-order valence-corrected chi connectivity index (χ0v) is 20.3. The van der Waals surface area contributed by atoms with Crippen molar-refractivity contribution in [2.24, 2.45) is 29.1 Å². The Morgan fingerprint density at radius 1 is 0.406 bits per heavy atom. The summed E-state index contributed by atoms with van der Waals surface area (Å²) in [6.45, 7) is 31.4. The molecule has 0 saturated carbocycles. The highest BCUT2D eigenvalue weighted by molar-refractivity contribution is 4.55. The van der Waals surface area contributed by atoms with Crippen LogP contribution in [0.5, 0.6) is 0 Å². The highest BCUT2D eigenvalue weighted by Crippen LogP contribution is 2.16. The van der Waals surface area contributed by atoms with Gasteiger partial charge in [-0.1, -0.05) is 188 Å². The van der Waals surface area contributed by atoms with E-state index in [-0.39, 0.29) is 59.4 Å². The fraction of sp³-hybridized carbons (Fsp3) is 1.00. The van der Waals surface area contributed by atoms with Gasteiger partial charge in [-0.15, -0.1) is 0 Å². The average Bonchev–Trinajstić information content (AvgIpc) is 2.54. The Hall–Kier alpha value is 0. The Labute approximate surface area is 217 Å². The molecule has 0 aromatic rings. The van der Waals surface area contributed by atoms with Crippen LogP contribution in [0.25, 0.3) is 0 Å². The molecule has 0 aliphatic rings. The lowest BCUT2D eigenvalue weighted by atomic mass is 9.94. The molecular weight excluding hydrogens is 384 g/mol. The Balaban J connectivity index is -0.0000000154. The molecule has 0 heterocycles. The van der Waals surface area contributed by atoms with Gasteiger partial charge in [0, 0.05) is 0 Å². The molecule has 0 rings (SSSR count). The normalized spacial score (nSPS) is 8.06. The van der Waals surface area contributed by atoms with E-state index in [1.165, 1.54) is 32.1 Å². The van der Waals surface area contributed by atoms with Gasteiger partial charge in [-0.25, -0.2) is 0 Å². The molecule has 32 heavy (non-hydrogen) atoms. The van der Waals surface area contributed by atoms with Gasteiger partial charge in [0.15, 0.2) is 0 Å². The van der Waals surface area contributed by atoms with E-state index < -0.39 is 0 Å². The topological polar surface area (TPSA) is 0 Å². The second kappa shape index (κ2) is 52.7. The van der Waals surface area contributed by atoms with Gasteiger partial charge in [0.05, 0.1) is 0 Å². The van der Waals surface area contributed by atoms with E-state index in [0.29, 0.717) is 5.41 Å². The van der Waals surface area contributed by atoms with Crippen molar-refractivity contribution in [3.05, 3.63) is 0 Å². The minimum Gasteiger partial charge on any atom is -0.0776 e. The minimum atomic E-state index is 0. The summed E-state index contributed by atoms with van der Waals surface area (Å²) >= 11 is 0. The number of rotatable bonds is 5. The Kier molecular flexibility index (Phi) is 127. The Bertz CT molecular complexity index is 171. The predicted molar refractivity (Wildman–Crippen MR) is 173 cm³/mol. The molecule has 0 nitrogen and oxygen atoms in total. The lowest BCUT2D eigenvalue weighted by Gasteiger charge is -2.12. The highest BCUT2D eigenvalue weighted by Gasteiger charge is 2.03. The van der Waals surface area contributed by atoms with Crippen LogP contribution in [0.4, 0.5) is 0 Å². The fourth-order valence-corrected chi connectivity index (χ4v) is 0.577. The van der Waals surface area contributed by atoms with E-state index >= 15 is 0 Å². The molecule has 0 saturated heterocycles. The molecule has 0 fully saturated rings. The van der Waals surface area contributed by atoms with Crippen LogP contribution >= 0.6 is 0 Å². The second-order valence-electron chi connectivity index (χ2n) is 9.25. The van der Waals surface area contributed by atoms with E-state index in [2.05, 4.69) is 96.9 Å². The smallest absolute Gasteiger partial charge is 0.0385 e. The van der Waals surface area contributed by atoms with E-state index in [0.717, 1.165) is 23.7 Å². The molecule has 0 atom stereocenters. The van der Waals surface area contributed by atoms with Crippen molar-refractivity contribution in [2.45, 2.75) is 188 Å². The lowest BCUT2D eigenvalue weighted by molar-refractivity contribution is 0.398. The van der Waals surface area contributed by atoms with E-state index in [1.807, 2.05) is 0 Å². The SMILES string of the molecule is C.C.C.C.C.C.C.C.CC(C)C(C)C.CCC(C)(C)C.CCC(C)CC.CCC(C)CC. The summed E-state index contributed by atoms with van der Waals surface area (Å²) in [4.78, 5) is 0. The first-order chi connectivity index (χ1) is 10.8. The predicted octanol–water partition coefficient (Wildman–Crippen LogP) is 14.7. The molecule has 0 spiro atoms. The van der Waals surface area contributed by atoms with Crippen LogP contribution in [-0.2, 0) is 0 Å². The molecular formula is C32H88. The van der Waals surface area contributed by atoms with E-state index in [1.54, 1.807) is 0 Å². The monoisotopic (exact) mass is 473 g/mol. The van der Waals surface area contributed by atoms with E-state index in [9.17, 15) is 0 Å². The van der Waals surface area contributed by atoms with Crippen LogP contribution in [0, 0.1) is 29.1 Å². The average molecular weight is 473 g/mol. The van der Waals surface area contributed by atoms with Crippen molar-refractivity contribution in [1.82, 2.24) is 0 Å². The van der Waals surface area contributed by atoms with Crippen molar-refractivity contribution >= 4 is 0 Å². The zero-order chi connectivity index (χ0) is 20.3. The van der Waals surface area contributed by atoms with Crippen LogP contribution in [0.3, 0.4) is 0 Å². The first-order valence-electron chi connectivity index (χ1n) is 10.8. The first kappa shape index (κ1) is 76.9. The third kappa shape index (κ3) is 112. The van der Waals surface area contributed by atoms with Gasteiger partial charge in [0.1, 0.15) is 0 Å². The maximum atomic E-state index is 2.28. The van der Waals surface area contributed by atoms with Crippen molar-refractivity contribution in [1.29, 1.82) is 0 Å². The maximum Gasteiger partial charge on any atom is -0.0385 e. The third-order valence-electron chi connectivity index (χ3n) is 5.18. The molecule has 0 aliphatic carbocycles. The van der Waals surface area contributed by atoms with Gasteiger partial charge >= 0.3 is 0 Å². The molecule has 0 amide bonds. The van der Waals surface area contributed by atoms with Gasteiger partial charge in [-0.05, 0) is 29.1 Å². The van der Waals surface area contributed by atoms with E-state index in [4.69, 9.17) is 0 Å². The van der Waals surface area contributed by atoms with Gasteiger partial charge in [0.2, 0.25) is 0 Å². The van der Waals surface area contributed by atoms with Gasteiger partial charge < -0.3 is 0 Å². The number of hydrogen-bond donors (Lipinski definition) is 0. The van der Waals surface area contributed by atoms with Gasteiger partial charge in [0.25, 0.3) is 0 Å². The third-order valence-corrected chi connectivity index (χ3v) is 5.18. The fourth-order valence-electron chi connectivity index (χ4n) is 0.577. The second-order valence-corrected chi connectivity index (χ2v) is 9.25. The molecule has 0 aromatic carbocycles. The van der Waals surface area contributed by atoms with Crippen LogP contribution in [0.1, 0.15) is 188 Å². The molecule has 0 heteroatoms. The van der Waals surface area contributed by atoms with Crippen molar-refractivity contribution in [3.8, 4) is 0 Å². The van der Waals surface area contributed by atoms with Crippen LogP contribution < -0.4 is 0 Å². The summed E-state index contributed by atoms with van der Waals surface area (Å²) in [6, 6.07) is 0. The van der Waals surface area contributed by atoms with Gasteiger partial charge in [-0.2, -0.15) is 0 Å². The summed E-state index contributed by atoms with van der Waals surface area (Å²) in [5, 5.41) is 0. The van der Waals surface area contributed by atoms with Crippen molar-refractivity contribution in [3.63, 3.8) is 0 Å². The summed E-state index contributed by atoms with van der Waals surface area (Å²) in [6.07, 6.45) is 6.59. The standard InChI is InChI=1S/4C6H14.8CH4/c1-5-6(2,3)4;1-5(2)6(3)4;2*1-4-6(3)5-2;;;;;;;;/h5H2,1-4H3;5-6H,1-4H3;2*6H,4-5H2,1-3H3;8*1H4. The molecule has 216 valence electrons. The quantitative estimate of drug-likeness (QED) is 0.373. The lowest BCUT2D eigenvalue weighted by Crippen LogP contribution is -2.00. The summed E-state index contributed by atoms with van der Waals surface area (Å²) in [5.41, 5.74) is 0.542. The molecule has 0 bridgehead atoms. The molecule has 0 aromatic heterocycles. The molecule has 0 radical (unpaired) electrons. The summed E-state index contributed by atoms with van der Waals surface area (Å²) in [5.74, 6) is 3.57. The number of hydrogen-bond acceptors (Lipinski definition) is 0. The van der Waals surface area contributed by atoms with Crippen molar-refractivity contribution < 1.29 is 0 Å². The molecule has 0 N–H and O–H groups in total.